The van der Waals surface area contributed by atoms with Gasteiger partial charge in [-0.15, -0.1) is 0 Å². The van der Waals surface area contributed by atoms with Crippen molar-refractivity contribution in [1.29, 1.82) is 0 Å². The third kappa shape index (κ3) is 5.73. The van der Waals surface area contributed by atoms with Crippen LogP contribution in [0.1, 0.15) is 74.0 Å². The summed E-state index contributed by atoms with van der Waals surface area (Å²) in [7, 11) is 0. The largest absolute Gasteiger partial charge is 0.366 e. The molecule has 2 aromatic rings. The fourth-order valence-electron chi connectivity index (χ4n) is 4.54. The van der Waals surface area contributed by atoms with Crippen LogP contribution in [0.2, 0.25) is 0 Å². The number of hydrogen-bond acceptors (Lipinski definition) is 8. The van der Waals surface area contributed by atoms with Crippen LogP contribution in [0.25, 0.3) is 0 Å². The van der Waals surface area contributed by atoms with Gasteiger partial charge in [0.2, 0.25) is 5.91 Å². The first kappa shape index (κ1) is 22.4. The van der Waals surface area contributed by atoms with E-state index in [4.69, 9.17) is 5.73 Å². The maximum Gasteiger partial charge on any atom is 0.271 e. The summed E-state index contributed by atoms with van der Waals surface area (Å²) in [6.07, 6.45) is 10.9. The topological polar surface area (TPSA) is 135 Å². The molecule has 2 aliphatic rings. The number of rotatable bonds is 7. The molecular formula is C22H31N7O2S. The van der Waals surface area contributed by atoms with E-state index in [1.54, 1.807) is 6.20 Å². The van der Waals surface area contributed by atoms with Crippen molar-refractivity contribution in [3.8, 4) is 0 Å². The van der Waals surface area contributed by atoms with Gasteiger partial charge in [-0.25, -0.2) is 9.97 Å². The molecule has 0 saturated heterocycles. The van der Waals surface area contributed by atoms with Crippen LogP contribution in [0.4, 0.5) is 16.6 Å². The highest BCUT2D eigenvalue weighted by Crippen LogP contribution is 2.27. The highest BCUT2D eigenvalue weighted by molar-refractivity contribution is 7.10. The summed E-state index contributed by atoms with van der Waals surface area (Å²) in [5, 5.41) is 10.6. The highest BCUT2D eigenvalue weighted by Gasteiger charge is 2.27. The lowest BCUT2D eigenvalue weighted by molar-refractivity contribution is -0.126. The Hall–Kier alpha value is -2.75. The molecule has 0 aliphatic heterocycles. The van der Waals surface area contributed by atoms with Crippen LogP contribution in [0, 0.1) is 12.8 Å². The number of nitrogens with one attached hydrogen (secondary N) is 3. The second-order valence-corrected chi connectivity index (χ2v) is 9.62. The lowest BCUT2D eigenvalue weighted by Gasteiger charge is -2.31. The molecule has 4 rings (SSSR count). The maximum atomic E-state index is 12.5. The van der Waals surface area contributed by atoms with Gasteiger partial charge in [-0.1, -0.05) is 19.3 Å². The molecule has 0 radical (unpaired) electrons. The smallest absolute Gasteiger partial charge is 0.271 e. The first-order valence-corrected chi connectivity index (χ1v) is 12.2. The van der Waals surface area contributed by atoms with E-state index >= 15 is 0 Å². The minimum atomic E-state index is -0.637. The zero-order chi connectivity index (χ0) is 22.5. The van der Waals surface area contributed by atoms with Gasteiger partial charge in [-0.2, -0.15) is 4.37 Å². The van der Waals surface area contributed by atoms with Gasteiger partial charge in [0.25, 0.3) is 5.91 Å². The van der Waals surface area contributed by atoms with Crippen LogP contribution in [-0.4, -0.2) is 38.2 Å². The van der Waals surface area contributed by atoms with Crippen LogP contribution >= 0.6 is 11.5 Å². The number of carbonyl (C=O) groups is 2. The molecule has 0 spiro atoms. The maximum absolute atomic E-state index is 12.5. The van der Waals surface area contributed by atoms with Gasteiger partial charge in [-0.3, -0.25) is 9.59 Å². The van der Waals surface area contributed by atoms with E-state index in [0.29, 0.717) is 11.6 Å². The molecule has 10 heteroatoms. The molecule has 32 heavy (non-hydrogen) atoms. The summed E-state index contributed by atoms with van der Waals surface area (Å²) < 4.78 is 4.23. The van der Waals surface area contributed by atoms with Crippen LogP contribution in [0.15, 0.2) is 12.3 Å². The zero-order valence-electron chi connectivity index (χ0n) is 18.4. The molecule has 9 nitrogen and oxygen atoms in total. The molecule has 2 fully saturated rings. The Morgan fingerprint density at radius 3 is 2.44 bits per heavy atom. The number of hydrogen-bond donors (Lipinski definition) is 4. The van der Waals surface area contributed by atoms with Crippen molar-refractivity contribution in [2.24, 2.45) is 11.7 Å². The van der Waals surface area contributed by atoms with E-state index in [9.17, 15) is 9.59 Å². The quantitative estimate of drug-likeness (QED) is 0.500. The van der Waals surface area contributed by atoms with E-state index in [-0.39, 0.29) is 29.6 Å². The minimum absolute atomic E-state index is 0.0933. The second-order valence-electron chi connectivity index (χ2n) is 8.81. The average Bonchev–Trinajstić information content (AvgIpc) is 3.20. The van der Waals surface area contributed by atoms with Crippen molar-refractivity contribution in [2.75, 3.05) is 10.6 Å². The number of amides is 2. The number of aromatic nitrogens is 3. The summed E-state index contributed by atoms with van der Waals surface area (Å²) >= 11 is 1.29. The summed E-state index contributed by atoms with van der Waals surface area (Å²) in [6.45, 7) is 1.90. The number of anilines is 3. The number of carbonyl (C=O) groups excluding carboxylic acids is 2. The summed E-state index contributed by atoms with van der Waals surface area (Å²) in [5.41, 5.74) is 6.44. The third-order valence-corrected chi connectivity index (χ3v) is 7.07. The molecule has 2 heterocycles. The van der Waals surface area contributed by atoms with Crippen LogP contribution in [0.3, 0.4) is 0 Å². The summed E-state index contributed by atoms with van der Waals surface area (Å²) in [5.74, 6) is 0.713. The third-order valence-electron chi connectivity index (χ3n) is 6.28. The minimum Gasteiger partial charge on any atom is -0.366 e. The summed E-state index contributed by atoms with van der Waals surface area (Å²) in [6, 6.07) is 2.36. The van der Waals surface area contributed by atoms with Crippen molar-refractivity contribution in [1.82, 2.24) is 19.7 Å². The number of nitrogens with two attached hydrogens (primary N) is 1. The van der Waals surface area contributed by atoms with Crippen molar-refractivity contribution in [2.45, 2.75) is 76.8 Å². The van der Waals surface area contributed by atoms with E-state index < -0.39 is 5.91 Å². The van der Waals surface area contributed by atoms with E-state index in [2.05, 4.69) is 30.3 Å². The van der Waals surface area contributed by atoms with Gasteiger partial charge in [0.1, 0.15) is 10.8 Å². The van der Waals surface area contributed by atoms with E-state index in [0.717, 1.165) is 49.2 Å². The van der Waals surface area contributed by atoms with E-state index in [1.807, 2.05) is 13.0 Å². The Morgan fingerprint density at radius 1 is 1.06 bits per heavy atom. The Labute approximate surface area is 192 Å². The van der Waals surface area contributed by atoms with Gasteiger partial charge < -0.3 is 21.7 Å². The highest BCUT2D eigenvalue weighted by atomic mass is 32.1. The molecule has 0 bridgehead atoms. The molecule has 2 amide bonds. The molecule has 2 aliphatic carbocycles. The monoisotopic (exact) mass is 457 g/mol. The predicted molar refractivity (Wildman–Crippen MR) is 125 cm³/mol. The Morgan fingerprint density at radius 2 is 1.78 bits per heavy atom. The predicted octanol–water partition coefficient (Wildman–Crippen LogP) is 3.50. The number of aryl methyl sites for hydroxylation is 1. The second kappa shape index (κ2) is 10.2. The normalized spacial score (nSPS) is 21.7. The first-order chi connectivity index (χ1) is 15.5. The molecule has 0 atom stereocenters. The van der Waals surface area contributed by atoms with Crippen molar-refractivity contribution >= 4 is 40.0 Å². The van der Waals surface area contributed by atoms with Gasteiger partial charge in [0.05, 0.1) is 11.9 Å². The fraction of sp³-hybridized carbons (Fsp3) is 0.591. The van der Waals surface area contributed by atoms with Crippen LogP contribution in [0.5, 0.6) is 0 Å². The lowest BCUT2D eigenvalue weighted by atomic mass is 9.87. The molecule has 2 aromatic heterocycles. The SMILES string of the molecule is Cc1cc(Nc2nc(NC3CCC(NC(=O)C4CCCCC4)CC3)cnc2C(N)=O)sn1. The van der Waals surface area contributed by atoms with Crippen LogP contribution in [-0.2, 0) is 4.79 Å². The first-order valence-electron chi connectivity index (χ1n) is 11.4. The molecule has 5 N–H and O–H groups in total. The summed E-state index contributed by atoms with van der Waals surface area (Å²) in [4.78, 5) is 33.1. The standard InChI is InChI=1S/C22H31N7O2S/c1-13-11-18(32-29-13)28-21-19(20(23)30)24-12-17(27-21)25-15-7-9-16(10-8-15)26-22(31)14-5-3-2-4-6-14/h11-12,14-16H,2-10H2,1H3,(H2,23,30)(H,26,31)(H2,25,27,28). The number of nitrogens with zero attached hydrogens (tertiary/aromatic N) is 3. The van der Waals surface area contributed by atoms with Crippen LogP contribution < -0.4 is 21.7 Å². The average molecular weight is 458 g/mol. The van der Waals surface area contributed by atoms with Crippen molar-refractivity contribution < 1.29 is 9.59 Å². The molecule has 0 unspecified atom stereocenters. The van der Waals surface area contributed by atoms with Gasteiger partial charge in [-0.05, 0) is 63.0 Å². The van der Waals surface area contributed by atoms with Crippen molar-refractivity contribution in [3.63, 3.8) is 0 Å². The Kier molecular flexibility index (Phi) is 7.19. The van der Waals surface area contributed by atoms with Gasteiger partial charge in [0, 0.05) is 18.0 Å². The Bertz CT molecular complexity index is 950. The molecule has 0 aromatic carbocycles. The van der Waals surface area contributed by atoms with Gasteiger partial charge in [0.15, 0.2) is 11.5 Å². The Balaban J connectivity index is 1.32. The fourth-order valence-corrected chi connectivity index (χ4v) is 5.20. The molecule has 172 valence electrons. The van der Waals surface area contributed by atoms with Gasteiger partial charge >= 0.3 is 0 Å². The molecular weight excluding hydrogens is 426 g/mol. The van der Waals surface area contributed by atoms with Crippen molar-refractivity contribution in [3.05, 3.63) is 23.7 Å². The zero-order valence-corrected chi connectivity index (χ0v) is 19.2. The number of primary amides is 1. The lowest BCUT2D eigenvalue weighted by Crippen LogP contribution is -2.43. The van der Waals surface area contributed by atoms with E-state index in [1.165, 1.54) is 30.8 Å². The molecule has 2 saturated carbocycles.